The van der Waals surface area contributed by atoms with Crippen molar-refractivity contribution in [3.63, 3.8) is 0 Å². The third-order valence-electron chi connectivity index (χ3n) is 4.81. The van der Waals surface area contributed by atoms with Gasteiger partial charge in [-0.15, -0.1) is 0 Å². The van der Waals surface area contributed by atoms with Gasteiger partial charge in [0, 0.05) is 19.1 Å². The van der Waals surface area contributed by atoms with Gasteiger partial charge in [0.05, 0.1) is 17.9 Å². The molecule has 1 aliphatic heterocycles. The Morgan fingerprint density at radius 3 is 2.50 bits per heavy atom. The fraction of sp³-hybridized carbons (Fsp3) is 0.529. The highest BCUT2D eigenvalue weighted by molar-refractivity contribution is 5.86. The molecule has 1 aliphatic carbocycles. The molecule has 2 N–H and O–H groups in total. The van der Waals surface area contributed by atoms with Gasteiger partial charge in [-0.25, -0.2) is 0 Å². The van der Waals surface area contributed by atoms with Crippen molar-refractivity contribution in [2.45, 2.75) is 25.4 Å². The summed E-state index contributed by atoms with van der Waals surface area (Å²) < 4.78 is 5.80. The molecule has 3 rings (SSSR count). The second kappa shape index (κ2) is 6.48. The average Bonchev–Trinajstić information content (AvgIpc) is 2.92. The number of carbonyl (C=O) groups excluding carboxylic acids is 1. The Kier molecular flexibility index (Phi) is 4.43. The number of nitrogens with one attached hydrogen (secondary N) is 1. The van der Waals surface area contributed by atoms with E-state index in [0.717, 1.165) is 12.0 Å². The second-order valence-electron chi connectivity index (χ2n) is 6.12. The van der Waals surface area contributed by atoms with Gasteiger partial charge in [0.25, 0.3) is 0 Å². The van der Waals surface area contributed by atoms with Crippen LogP contribution < -0.4 is 5.32 Å². The van der Waals surface area contributed by atoms with Gasteiger partial charge in [-0.05, 0) is 24.8 Å². The summed E-state index contributed by atoms with van der Waals surface area (Å²) in [6.07, 6.45) is 2.20. The zero-order chi connectivity index (χ0) is 15.5. The molecule has 0 bridgehead atoms. The molecule has 1 aromatic rings. The summed E-state index contributed by atoms with van der Waals surface area (Å²) in [6, 6.07) is 10.0. The molecule has 1 aromatic carbocycles. The van der Waals surface area contributed by atoms with E-state index in [4.69, 9.17) is 9.84 Å². The van der Waals surface area contributed by atoms with Crippen molar-refractivity contribution in [1.29, 1.82) is 0 Å². The maximum Gasteiger partial charge on any atom is 0.307 e. The van der Waals surface area contributed by atoms with Gasteiger partial charge in [0.1, 0.15) is 0 Å². The molecule has 1 amide bonds. The molecule has 1 saturated carbocycles. The molecular weight excluding hydrogens is 282 g/mol. The van der Waals surface area contributed by atoms with Crippen molar-refractivity contribution in [1.82, 2.24) is 5.32 Å². The van der Waals surface area contributed by atoms with E-state index in [2.05, 4.69) is 5.32 Å². The number of benzene rings is 1. The minimum absolute atomic E-state index is 0.0122. The van der Waals surface area contributed by atoms with E-state index in [9.17, 15) is 9.59 Å². The highest BCUT2D eigenvalue weighted by Gasteiger charge is 2.41. The maximum atomic E-state index is 12.1. The normalized spacial score (nSPS) is 30.5. The first-order chi connectivity index (χ1) is 10.7. The van der Waals surface area contributed by atoms with Crippen LogP contribution in [0.15, 0.2) is 30.3 Å². The van der Waals surface area contributed by atoms with E-state index >= 15 is 0 Å². The number of carbonyl (C=O) groups is 2. The highest BCUT2D eigenvalue weighted by Crippen LogP contribution is 2.36. The van der Waals surface area contributed by atoms with Crippen LogP contribution in [-0.4, -0.2) is 30.1 Å². The van der Waals surface area contributed by atoms with Gasteiger partial charge >= 0.3 is 5.97 Å². The summed E-state index contributed by atoms with van der Waals surface area (Å²) in [5, 5.41) is 12.0. The Balaban J connectivity index is 1.55. The third-order valence-corrected chi connectivity index (χ3v) is 4.81. The number of amides is 1. The summed E-state index contributed by atoms with van der Waals surface area (Å²) in [5.74, 6) is -1.62. The number of carboxylic acids is 1. The fourth-order valence-corrected chi connectivity index (χ4v) is 3.33. The number of ether oxygens (including phenoxy) is 1. The first kappa shape index (κ1) is 15.0. The molecule has 2 fully saturated rings. The molecule has 4 atom stereocenters. The monoisotopic (exact) mass is 303 g/mol. The average molecular weight is 303 g/mol. The van der Waals surface area contributed by atoms with Gasteiger partial charge in [-0.3, -0.25) is 9.59 Å². The van der Waals surface area contributed by atoms with Crippen molar-refractivity contribution in [3.8, 4) is 0 Å². The first-order valence-electron chi connectivity index (χ1n) is 7.84. The zero-order valence-electron chi connectivity index (χ0n) is 12.4. The largest absolute Gasteiger partial charge is 0.481 e. The van der Waals surface area contributed by atoms with Gasteiger partial charge in [0.15, 0.2) is 0 Å². The number of rotatable bonds is 5. The SMILES string of the molecule is O=C(O)C1CCC1C(=O)NC[C@H]1CCO[C@@H]1c1ccccc1. The Morgan fingerprint density at radius 1 is 1.14 bits per heavy atom. The van der Waals surface area contributed by atoms with Gasteiger partial charge in [0.2, 0.25) is 5.91 Å². The van der Waals surface area contributed by atoms with Crippen LogP contribution in [0.3, 0.4) is 0 Å². The van der Waals surface area contributed by atoms with E-state index < -0.39 is 11.9 Å². The van der Waals surface area contributed by atoms with Gasteiger partial charge in [-0.2, -0.15) is 0 Å². The van der Waals surface area contributed by atoms with E-state index in [1.54, 1.807) is 0 Å². The van der Waals surface area contributed by atoms with E-state index in [1.165, 1.54) is 0 Å². The lowest BCUT2D eigenvalue weighted by molar-refractivity contribution is -0.152. The highest BCUT2D eigenvalue weighted by atomic mass is 16.5. The molecule has 118 valence electrons. The van der Waals surface area contributed by atoms with E-state index in [0.29, 0.717) is 26.0 Å². The van der Waals surface area contributed by atoms with Crippen LogP contribution in [-0.2, 0) is 14.3 Å². The van der Waals surface area contributed by atoms with Crippen LogP contribution in [0.1, 0.15) is 30.9 Å². The third kappa shape index (κ3) is 2.99. The van der Waals surface area contributed by atoms with Gasteiger partial charge in [-0.1, -0.05) is 30.3 Å². The number of hydrogen-bond acceptors (Lipinski definition) is 3. The lowest BCUT2D eigenvalue weighted by atomic mass is 9.73. The first-order valence-corrected chi connectivity index (χ1v) is 7.84. The minimum atomic E-state index is -0.863. The van der Waals surface area contributed by atoms with Crippen molar-refractivity contribution in [3.05, 3.63) is 35.9 Å². The number of hydrogen-bond donors (Lipinski definition) is 2. The molecular formula is C17H21NO4. The van der Waals surface area contributed by atoms with Crippen LogP contribution in [0.25, 0.3) is 0 Å². The minimum Gasteiger partial charge on any atom is -0.481 e. The summed E-state index contributed by atoms with van der Waals surface area (Å²) in [4.78, 5) is 23.1. The lowest BCUT2D eigenvalue weighted by Gasteiger charge is -2.32. The zero-order valence-corrected chi connectivity index (χ0v) is 12.4. The smallest absolute Gasteiger partial charge is 0.307 e. The van der Waals surface area contributed by atoms with Crippen LogP contribution >= 0.6 is 0 Å². The fourth-order valence-electron chi connectivity index (χ4n) is 3.33. The number of aliphatic carboxylic acids is 1. The van der Waals surface area contributed by atoms with Crippen LogP contribution in [0.5, 0.6) is 0 Å². The van der Waals surface area contributed by atoms with Crippen LogP contribution in [0.4, 0.5) is 0 Å². The Hall–Kier alpha value is -1.88. The molecule has 1 heterocycles. The topological polar surface area (TPSA) is 75.6 Å². The van der Waals surface area contributed by atoms with Crippen molar-refractivity contribution < 1.29 is 19.4 Å². The summed E-state index contributed by atoms with van der Waals surface area (Å²) >= 11 is 0. The molecule has 2 unspecified atom stereocenters. The molecule has 0 spiro atoms. The van der Waals surface area contributed by atoms with Crippen molar-refractivity contribution in [2.24, 2.45) is 17.8 Å². The molecule has 2 aliphatic rings. The summed E-state index contributed by atoms with van der Waals surface area (Å²) in [7, 11) is 0. The Morgan fingerprint density at radius 2 is 1.86 bits per heavy atom. The Labute approximate surface area is 129 Å². The predicted octanol–water partition coefficient (Wildman–Crippen LogP) is 1.99. The molecule has 1 saturated heterocycles. The molecule has 0 aromatic heterocycles. The number of carboxylic acid groups (broad SMARTS) is 1. The summed E-state index contributed by atoms with van der Waals surface area (Å²) in [6.45, 7) is 1.24. The van der Waals surface area contributed by atoms with Crippen molar-refractivity contribution >= 4 is 11.9 Å². The van der Waals surface area contributed by atoms with Crippen LogP contribution in [0.2, 0.25) is 0 Å². The summed E-state index contributed by atoms with van der Waals surface area (Å²) in [5.41, 5.74) is 1.13. The lowest BCUT2D eigenvalue weighted by Crippen LogP contribution is -2.45. The van der Waals surface area contributed by atoms with E-state index in [1.807, 2.05) is 30.3 Å². The van der Waals surface area contributed by atoms with Crippen LogP contribution in [0, 0.1) is 17.8 Å². The second-order valence-corrected chi connectivity index (χ2v) is 6.12. The molecule has 0 radical (unpaired) electrons. The molecule has 5 nitrogen and oxygen atoms in total. The standard InChI is InChI=1S/C17H21NO4/c19-16(13-6-7-14(13)17(20)21)18-10-12-8-9-22-15(12)11-4-2-1-3-5-11/h1-5,12-15H,6-10H2,(H,18,19)(H,20,21)/t12-,13?,14?,15-/m1/s1. The Bertz CT molecular complexity index is 545. The molecule has 22 heavy (non-hydrogen) atoms. The van der Waals surface area contributed by atoms with Gasteiger partial charge < -0.3 is 15.2 Å². The van der Waals surface area contributed by atoms with E-state index in [-0.39, 0.29) is 23.8 Å². The molecule has 5 heteroatoms. The van der Waals surface area contributed by atoms with Crippen molar-refractivity contribution in [2.75, 3.05) is 13.2 Å². The predicted molar refractivity (Wildman–Crippen MR) is 80.1 cm³/mol. The quantitative estimate of drug-likeness (QED) is 0.872. The maximum absolute atomic E-state index is 12.1.